The molecule has 3 fully saturated rings. The van der Waals surface area contributed by atoms with Gasteiger partial charge in [0, 0.05) is 57.0 Å². The lowest BCUT2D eigenvalue weighted by Crippen LogP contribution is -2.68. The average Bonchev–Trinajstić information content (AvgIpc) is 3.11. The van der Waals surface area contributed by atoms with E-state index in [-0.39, 0.29) is 29.4 Å². The molecule has 0 amide bonds. The topological polar surface area (TPSA) is 46.1 Å². The Kier molecular flexibility index (Phi) is 6.56. The zero-order valence-corrected chi connectivity index (χ0v) is 18.9. The monoisotopic (exact) mass is 485 g/mol. The first-order chi connectivity index (χ1) is 12.6. The molecule has 3 unspecified atom stereocenters. The van der Waals surface area contributed by atoms with Crippen LogP contribution in [-0.2, 0) is 4.74 Å². The predicted molar refractivity (Wildman–Crippen MR) is 119 cm³/mol. The third kappa shape index (κ3) is 4.06. The van der Waals surface area contributed by atoms with Crippen LogP contribution in [0.5, 0.6) is 5.75 Å². The Balaban J connectivity index is 0.00000210. The van der Waals surface area contributed by atoms with Gasteiger partial charge in [0.25, 0.3) is 0 Å². The van der Waals surface area contributed by atoms with E-state index < -0.39 is 0 Å². The third-order valence-corrected chi connectivity index (χ3v) is 6.38. The number of hydrogen-bond donors (Lipinski definition) is 1. The van der Waals surface area contributed by atoms with Crippen molar-refractivity contribution in [3.8, 4) is 5.75 Å². The Labute approximate surface area is 179 Å². The first kappa shape index (κ1) is 20.7. The van der Waals surface area contributed by atoms with Gasteiger partial charge in [-0.1, -0.05) is 32.0 Å². The Bertz CT molecular complexity index is 644. The smallest absolute Gasteiger partial charge is 0.193 e. The predicted octanol–water partition coefficient (Wildman–Crippen LogP) is 3.54. The highest BCUT2D eigenvalue weighted by atomic mass is 127. The van der Waals surface area contributed by atoms with Gasteiger partial charge in [0.2, 0.25) is 0 Å². The molecule has 5 nitrogen and oxygen atoms in total. The van der Waals surface area contributed by atoms with Gasteiger partial charge in [-0.05, 0) is 18.6 Å². The van der Waals surface area contributed by atoms with Gasteiger partial charge in [-0.15, -0.1) is 24.0 Å². The third-order valence-electron chi connectivity index (χ3n) is 6.38. The number of hydrogen-bond acceptors (Lipinski definition) is 3. The number of nitrogens with zero attached hydrogens (tertiary/aromatic N) is 2. The SMILES string of the molecule is CN=C(NC1C2CCOC2C1(C)C)N1CCC(Oc2ccccc2)CC1.I. The normalized spacial score (nSPS) is 30.1. The first-order valence-electron chi connectivity index (χ1n) is 9.91. The van der Waals surface area contributed by atoms with Gasteiger partial charge in [-0.2, -0.15) is 0 Å². The number of benzene rings is 1. The number of nitrogens with one attached hydrogen (secondary N) is 1. The summed E-state index contributed by atoms with van der Waals surface area (Å²) in [5.74, 6) is 2.63. The van der Waals surface area contributed by atoms with Crippen molar-refractivity contribution in [3.05, 3.63) is 30.3 Å². The van der Waals surface area contributed by atoms with Gasteiger partial charge in [-0.3, -0.25) is 4.99 Å². The molecule has 0 radical (unpaired) electrons. The van der Waals surface area contributed by atoms with Crippen LogP contribution in [0, 0.1) is 11.3 Å². The van der Waals surface area contributed by atoms with E-state index in [1.165, 1.54) is 0 Å². The van der Waals surface area contributed by atoms with Gasteiger partial charge >= 0.3 is 0 Å². The number of rotatable bonds is 3. The summed E-state index contributed by atoms with van der Waals surface area (Å²) in [6, 6.07) is 10.6. The maximum absolute atomic E-state index is 6.12. The van der Waals surface area contributed by atoms with E-state index in [0.717, 1.165) is 50.7 Å². The van der Waals surface area contributed by atoms with Crippen LogP contribution in [0.3, 0.4) is 0 Å². The Morgan fingerprint density at radius 2 is 1.89 bits per heavy atom. The van der Waals surface area contributed by atoms with Crippen molar-refractivity contribution in [1.29, 1.82) is 0 Å². The van der Waals surface area contributed by atoms with Crippen molar-refractivity contribution in [2.45, 2.75) is 51.4 Å². The number of ether oxygens (including phenoxy) is 2. The van der Waals surface area contributed by atoms with Crippen molar-refractivity contribution >= 4 is 29.9 Å². The fourth-order valence-electron chi connectivity index (χ4n) is 4.93. The zero-order valence-electron chi connectivity index (χ0n) is 16.6. The van der Waals surface area contributed by atoms with Crippen LogP contribution in [0.25, 0.3) is 0 Å². The van der Waals surface area contributed by atoms with Crippen molar-refractivity contribution in [1.82, 2.24) is 10.2 Å². The summed E-state index contributed by atoms with van der Waals surface area (Å²) in [6.07, 6.45) is 3.91. The minimum absolute atomic E-state index is 0. The second-order valence-electron chi connectivity index (χ2n) is 8.35. The van der Waals surface area contributed by atoms with Gasteiger partial charge in [-0.25, -0.2) is 0 Å². The van der Waals surface area contributed by atoms with Crippen LogP contribution in [0.2, 0.25) is 0 Å². The molecule has 4 rings (SSSR count). The molecule has 0 aromatic heterocycles. The molecular weight excluding hydrogens is 453 g/mol. The zero-order chi connectivity index (χ0) is 18.1. The molecule has 1 saturated carbocycles. The molecule has 0 bridgehead atoms. The summed E-state index contributed by atoms with van der Waals surface area (Å²) in [4.78, 5) is 6.95. The first-order valence-corrected chi connectivity index (χ1v) is 9.91. The number of fused-ring (bicyclic) bond motifs is 1. The summed E-state index contributed by atoms with van der Waals surface area (Å²) in [7, 11) is 1.89. The van der Waals surface area contributed by atoms with Crippen molar-refractivity contribution in [2.75, 3.05) is 26.7 Å². The highest BCUT2D eigenvalue weighted by Gasteiger charge is 2.59. The number of likely N-dealkylation sites (tertiary alicyclic amines) is 1. The van der Waals surface area contributed by atoms with Crippen LogP contribution in [-0.4, -0.2) is 55.9 Å². The fourth-order valence-corrected chi connectivity index (χ4v) is 4.93. The largest absolute Gasteiger partial charge is 0.490 e. The van der Waals surface area contributed by atoms with Gasteiger partial charge in [0.1, 0.15) is 11.9 Å². The molecule has 27 heavy (non-hydrogen) atoms. The van der Waals surface area contributed by atoms with Gasteiger partial charge < -0.3 is 19.7 Å². The standard InChI is InChI=1S/C21H31N3O2.HI/c1-21(2)18(17-11-14-25-19(17)21)23-20(22-3)24-12-9-16(10-13-24)26-15-7-5-4-6-8-15;/h4-8,16-19H,9-14H2,1-3H3,(H,22,23);1H. The fraction of sp³-hybridized carbons (Fsp3) is 0.667. The molecule has 3 atom stereocenters. The lowest BCUT2D eigenvalue weighted by atomic mass is 9.57. The maximum atomic E-state index is 6.12. The van der Waals surface area contributed by atoms with Crippen molar-refractivity contribution in [3.63, 3.8) is 0 Å². The molecule has 2 saturated heterocycles. The number of guanidine groups is 1. The van der Waals surface area contributed by atoms with Crippen molar-refractivity contribution < 1.29 is 9.47 Å². The van der Waals surface area contributed by atoms with Crippen LogP contribution >= 0.6 is 24.0 Å². The van der Waals surface area contributed by atoms with E-state index >= 15 is 0 Å². The minimum Gasteiger partial charge on any atom is -0.490 e. The molecule has 1 N–H and O–H groups in total. The summed E-state index contributed by atoms with van der Waals surface area (Å²) >= 11 is 0. The molecule has 0 spiro atoms. The molecule has 1 aliphatic carbocycles. The quantitative estimate of drug-likeness (QED) is 0.404. The highest BCUT2D eigenvalue weighted by Crippen LogP contribution is 2.52. The Hall–Kier alpha value is -1.02. The average molecular weight is 485 g/mol. The van der Waals surface area contributed by atoms with Crippen molar-refractivity contribution in [2.24, 2.45) is 16.3 Å². The minimum atomic E-state index is 0. The number of para-hydroxylation sites is 1. The summed E-state index contributed by atoms with van der Waals surface area (Å²) < 4.78 is 12.0. The van der Waals surface area contributed by atoms with E-state index in [4.69, 9.17) is 9.47 Å². The molecule has 2 heterocycles. The van der Waals surface area contributed by atoms with Crippen LogP contribution < -0.4 is 10.1 Å². The lowest BCUT2D eigenvalue weighted by molar-refractivity contribution is -0.107. The Morgan fingerprint density at radius 1 is 1.19 bits per heavy atom. The number of halogens is 1. The van der Waals surface area contributed by atoms with Crippen LogP contribution in [0.4, 0.5) is 0 Å². The maximum Gasteiger partial charge on any atom is 0.193 e. The van der Waals surface area contributed by atoms with Crippen LogP contribution in [0.15, 0.2) is 35.3 Å². The van der Waals surface area contributed by atoms with E-state index in [0.29, 0.717) is 24.2 Å². The van der Waals surface area contributed by atoms with Gasteiger partial charge in [0.15, 0.2) is 5.96 Å². The van der Waals surface area contributed by atoms with E-state index in [1.54, 1.807) is 0 Å². The summed E-state index contributed by atoms with van der Waals surface area (Å²) in [6.45, 7) is 7.48. The molecule has 6 heteroatoms. The molecular formula is C21H32IN3O2. The summed E-state index contributed by atoms with van der Waals surface area (Å²) in [5.41, 5.74) is 0.172. The lowest BCUT2D eigenvalue weighted by Gasteiger charge is -2.55. The molecule has 1 aromatic carbocycles. The molecule has 3 aliphatic rings. The number of piperidine rings is 1. The van der Waals surface area contributed by atoms with Gasteiger partial charge in [0.05, 0.1) is 6.10 Å². The van der Waals surface area contributed by atoms with Crippen LogP contribution in [0.1, 0.15) is 33.1 Å². The second-order valence-corrected chi connectivity index (χ2v) is 8.35. The Morgan fingerprint density at radius 3 is 2.56 bits per heavy atom. The van der Waals surface area contributed by atoms with E-state index in [9.17, 15) is 0 Å². The number of aliphatic imine (C=N–C) groups is 1. The second kappa shape index (κ2) is 8.55. The molecule has 1 aromatic rings. The molecule has 2 aliphatic heterocycles. The highest BCUT2D eigenvalue weighted by molar-refractivity contribution is 14.0. The van der Waals surface area contributed by atoms with E-state index in [1.807, 2.05) is 37.4 Å². The summed E-state index contributed by atoms with van der Waals surface area (Å²) in [5, 5.41) is 3.75. The van der Waals surface area contributed by atoms with E-state index in [2.05, 4.69) is 29.1 Å². The molecule has 150 valence electrons.